The van der Waals surface area contributed by atoms with E-state index in [1.165, 1.54) is 23.1 Å². The number of nitro benzene ring substituents is 1. The van der Waals surface area contributed by atoms with Crippen LogP contribution < -0.4 is 10.2 Å². The maximum absolute atomic E-state index is 13.1. The monoisotopic (exact) mass is 431 g/mol. The third kappa shape index (κ3) is 3.10. The standard InChI is InChI=1S/C24H21N3O5/c1-13-12-18(27(31)32)10-11-19(13)25-22(28)16-6-8-17(9-7-16)26-23(29)20-14-2-3-15(5-4-14)21(20)24(26)30/h2-3,6-12,14-15,20-21H,4-5H2,1H3,(H,25,28). The molecule has 32 heavy (non-hydrogen) atoms. The second-order valence-electron chi connectivity index (χ2n) is 8.61. The summed E-state index contributed by atoms with van der Waals surface area (Å²) in [7, 11) is 0. The molecule has 162 valence electrons. The van der Waals surface area contributed by atoms with Gasteiger partial charge in [0, 0.05) is 23.4 Å². The third-order valence-electron chi connectivity index (χ3n) is 6.82. The minimum Gasteiger partial charge on any atom is -0.322 e. The maximum Gasteiger partial charge on any atom is 0.269 e. The van der Waals surface area contributed by atoms with E-state index in [-0.39, 0.29) is 47.1 Å². The first-order valence-electron chi connectivity index (χ1n) is 10.6. The highest BCUT2D eigenvalue weighted by atomic mass is 16.6. The molecule has 3 amide bonds. The lowest BCUT2D eigenvalue weighted by Gasteiger charge is -2.38. The molecule has 1 N–H and O–H groups in total. The van der Waals surface area contributed by atoms with Crippen molar-refractivity contribution in [1.82, 2.24) is 0 Å². The Labute approximate surface area is 184 Å². The Kier molecular flexibility index (Phi) is 4.65. The molecule has 2 aromatic rings. The van der Waals surface area contributed by atoms with Gasteiger partial charge in [-0.2, -0.15) is 0 Å². The van der Waals surface area contributed by atoms with Gasteiger partial charge in [-0.1, -0.05) is 12.2 Å². The lowest BCUT2D eigenvalue weighted by atomic mass is 9.63. The molecule has 6 rings (SSSR count). The van der Waals surface area contributed by atoms with Gasteiger partial charge in [-0.25, -0.2) is 0 Å². The summed E-state index contributed by atoms with van der Waals surface area (Å²) >= 11 is 0. The number of hydrogen-bond donors (Lipinski definition) is 1. The molecule has 0 spiro atoms. The predicted molar refractivity (Wildman–Crippen MR) is 117 cm³/mol. The van der Waals surface area contributed by atoms with Crippen molar-refractivity contribution in [3.05, 3.63) is 75.9 Å². The van der Waals surface area contributed by atoms with E-state index < -0.39 is 4.92 Å². The maximum atomic E-state index is 13.1. The number of nitrogens with zero attached hydrogens (tertiary/aromatic N) is 2. The highest BCUT2D eigenvalue weighted by Gasteiger charge is 2.56. The molecule has 1 saturated heterocycles. The van der Waals surface area contributed by atoms with Crippen LogP contribution in [0.5, 0.6) is 0 Å². The van der Waals surface area contributed by atoms with Crippen molar-refractivity contribution in [2.45, 2.75) is 19.8 Å². The van der Waals surface area contributed by atoms with Gasteiger partial charge in [-0.3, -0.25) is 29.4 Å². The number of hydrogen-bond acceptors (Lipinski definition) is 5. The Bertz CT molecular complexity index is 1150. The molecule has 0 radical (unpaired) electrons. The number of aryl methyl sites for hydroxylation is 1. The van der Waals surface area contributed by atoms with Crippen molar-refractivity contribution in [2.24, 2.45) is 23.7 Å². The van der Waals surface area contributed by atoms with Crippen LogP contribution in [0.1, 0.15) is 28.8 Å². The van der Waals surface area contributed by atoms with Crippen LogP contribution in [0.15, 0.2) is 54.6 Å². The molecule has 2 fully saturated rings. The smallest absolute Gasteiger partial charge is 0.269 e. The molecule has 1 saturated carbocycles. The second-order valence-corrected chi connectivity index (χ2v) is 8.61. The van der Waals surface area contributed by atoms with Crippen molar-refractivity contribution in [2.75, 3.05) is 10.2 Å². The summed E-state index contributed by atoms with van der Waals surface area (Å²) in [5.74, 6) is -0.999. The van der Waals surface area contributed by atoms with Gasteiger partial charge >= 0.3 is 0 Å². The van der Waals surface area contributed by atoms with Crippen molar-refractivity contribution < 1.29 is 19.3 Å². The summed E-state index contributed by atoms with van der Waals surface area (Å²) in [4.78, 5) is 50.4. The van der Waals surface area contributed by atoms with Crippen LogP contribution in [-0.4, -0.2) is 22.6 Å². The Morgan fingerprint density at radius 1 is 1.00 bits per heavy atom. The van der Waals surface area contributed by atoms with Gasteiger partial charge < -0.3 is 5.32 Å². The number of anilines is 2. The van der Waals surface area contributed by atoms with E-state index in [2.05, 4.69) is 17.5 Å². The zero-order valence-corrected chi connectivity index (χ0v) is 17.4. The minimum atomic E-state index is -0.490. The summed E-state index contributed by atoms with van der Waals surface area (Å²) in [5, 5.41) is 13.6. The number of fused-ring (bicyclic) bond motifs is 1. The van der Waals surface area contributed by atoms with Crippen LogP contribution in [0, 0.1) is 40.7 Å². The fourth-order valence-corrected chi connectivity index (χ4v) is 5.19. The Morgan fingerprint density at radius 2 is 1.59 bits per heavy atom. The number of carbonyl (C=O) groups excluding carboxylic acids is 3. The lowest BCUT2D eigenvalue weighted by Crippen LogP contribution is -2.38. The molecule has 4 aliphatic rings. The van der Waals surface area contributed by atoms with E-state index >= 15 is 0 Å². The van der Waals surface area contributed by atoms with E-state index in [1.807, 2.05) is 0 Å². The molecule has 3 aliphatic carbocycles. The average Bonchev–Trinajstić information content (AvgIpc) is 3.08. The highest BCUT2D eigenvalue weighted by Crippen LogP contribution is 2.50. The summed E-state index contributed by atoms with van der Waals surface area (Å²) in [6.45, 7) is 1.68. The number of carbonyl (C=O) groups is 3. The molecule has 4 atom stereocenters. The molecule has 1 aliphatic heterocycles. The van der Waals surface area contributed by atoms with E-state index in [1.54, 1.807) is 31.2 Å². The van der Waals surface area contributed by atoms with Crippen LogP contribution in [0.25, 0.3) is 0 Å². The largest absolute Gasteiger partial charge is 0.322 e. The van der Waals surface area contributed by atoms with Crippen LogP contribution in [0.3, 0.4) is 0 Å². The van der Waals surface area contributed by atoms with Gasteiger partial charge in [0.2, 0.25) is 11.8 Å². The Morgan fingerprint density at radius 3 is 2.09 bits per heavy atom. The molecule has 0 aromatic heterocycles. The Balaban J connectivity index is 1.34. The number of nitrogens with one attached hydrogen (secondary N) is 1. The zero-order chi connectivity index (χ0) is 22.6. The first-order valence-corrected chi connectivity index (χ1v) is 10.6. The SMILES string of the molecule is Cc1cc([N+](=O)[O-])ccc1NC(=O)c1ccc(N2C(=O)C3C4C=CC(CC4)C3C2=O)cc1. The lowest BCUT2D eigenvalue weighted by molar-refractivity contribution is -0.384. The summed E-state index contributed by atoms with van der Waals surface area (Å²) < 4.78 is 0. The van der Waals surface area contributed by atoms with Crippen LogP contribution in [-0.2, 0) is 9.59 Å². The van der Waals surface area contributed by atoms with E-state index in [4.69, 9.17) is 0 Å². The molecular weight excluding hydrogens is 410 g/mol. The van der Waals surface area contributed by atoms with Crippen LogP contribution >= 0.6 is 0 Å². The van der Waals surface area contributed by atoms with Crippen LogP contribution in [0.4, 0.5) is 17.1 Å². The first kappa shape index (κ1) is 20.1. The van der Waals surface area contributed by atoms with Gasteiger partial charge in [0.15, 0.2) is 0 Å². The number of imide groups is 1. The molecule has 2 aromatic carbocycles. The van der Waals surface area contributed by atoms with E-state index in [0.29, 0.717) is 22.5 Å². The van der Waals surface area contributed by atoms with Crippen molar-refractivity contribution in [3.8, 4) is 0 Å². The van der Waals surface area contributed by atoms with Gasteiger partial charge in [0.25, 0.3) is 11.6 Å². The normalized spacial score (nSPS) is 25.7. The molecule has 2 bridgehead atoms. The van der Waals surface area contributed by atoms with Crippen molar-refractivity contribution >= 4 is 34.8 Å². The fraction of sp³-hybridized carbons (Fsp3) is 0.292. The summed E-state index contributed by atoms with van der Waals surface area (Å²) in [6, 6.07) is 10.6. The number of non-ortho nitro benzene ring substituents is 1. The Hall–Kier alpha value is -3.81. The molecular formula is C24H21N3O5. The minimum absolute atomic E-state index is 0.0472. The second kappa shape index (κ2) is 7.40. The number of benzene rings is 2. The highest BCUT2D eigenvalue weighted by molar-refractivity contribution is 6.22. The fourth-order valence-electron chi connectivity index (χ4n) is 5.19. The molecule has 8 nitrogen and oxygen atoms in total. The number of amides is 3. The van der Waals surface area contributed by atoms with Crippen LogP contribution in [0.2, 0.25) is 0 Å². The summed E-state index contributed by atoms with van der Waals surface area (Å²) in [6.07, 6.45) is 6.04. The van der Waals surface area contributed by atoms with E-state index in [9.17, 15) is 24.5 Å². The zero-order valence-electron chi connectivity index (χ0n) is 17.4. The van der Waals surface area contributed by atoms with Gasteiger partial charge in [-0.15, -0.1) is 0 Å². The van der Waals surface area contributed by atoms with Gasteiger partial charge in [-0.05, 0) is 67.5 Å². The van der Waals surface area contributed by atoms with Gasteiger partial charge in [0.1, 0.15) is 0 Å². The van der Waals surface area contributed by atoms with E-state index in [0.717, 1.165) is 12.8 Å². The average molecular weight is 431 g/mol. The van der Waals surface area contributed by atoms with Gasteiger partial charge in [0.05, 0.1) is 22.4 Å². The quantitative estimate of drug-likeness (QED) is 0.342. The third-order valence-corrected chi connectivity index (χ3v) is 6.82. The number of rotatable bonds is 4. The number of allylic oxidation sites excluding steroid dienone is 2. The first-order chi connectivity index (χ1) is 15.3. The summed E-state index contributed by atoms with van der Waals surface area (Å²) in [5.41, 5.74) is 1.82. The molecule has 1 heterocycles. The molecule has 8 heteroatoms. The number of nitro groups is 1. The molecule has 4 unspecified atom stereocenters. The topological polar surface area (TPSA) is 110 Å². The van der Waals surface area contributed by atoms with Crippen molar-refractivity contribution in [3.63, 3.8) is 0 Å². The predicted octanol–water partition coefficient (Wildman–Crippen LogP) is 3.86. The van der Waals surface area contributed by atoms with Crippen molar-refractivity contribution in [1.29, 1.82) is 0 Å².